The van der Waals surface area contributed by atoms with E-state index < -0.39 is 24.9 Å². The zero-order valence-corrected chi connectivity index (χ0v) is 12.1. The number of methoxy groups -OCH3 is 2. The van der Waals surface area contributed by atoms with Crippen molar-refractivity contribution in [1.29, 1.82) is 0 Å². The average Bonchev–Trinajstić information content (AvgIpc) is 2.49. The highest BCUT2D eigenvalue weighted by molar-refractivity contribution is 5.77. The Balaban J connectivity index is 3.10. The van der Waals surface area contributed by atoms with Gasteiger partial charge in [-0.1, -0.05) is 0 Å². The molecule has 22 heavy (non-hydrogen) atoms. The number of hydrogen-bond donors (Lipinski definition) is 2. The maximum atomic E-state index is 12.6. The van der Waals surface area contributed by atoms with Gasteiger partial charge in [-0.05, 0) is 18.2 Å². The van der Waals surface area contributed by atoms with Crippen molar-refractivity contribution in [1.82, 2.24) is 5.32 Å². The molecule has 124 valence electrons. The van der Waals surface area contributed by atoms with Gasteiger partial charge in [0.2, 0.25) is 5.91 Å². The summed E-state index contributed by atoms with van der Waals surface area (Å²) in [5, 5.41) is 2.26. The van der Waals surface area contributed by atoms with Crippen LogP contribution in [0.25, 0.3) is 0 Å². The number of alkyl halides is 3. The van der Waals surface area contributed by atoms with Gasteiger partial charge in [0.1, 0.15) is 17.6 Å². The fourth-order valence-corrected chi connectivity index (χ4v) is 1.75. The van der Waals surface area contributed by atoms with E-state index in [0.29, 0.717) is 5.75 Å². The first-order chi connectivity index (χ1) is 10.3. The molecule has 0 saturated heterocycles. The first-order valence-corrected chi connectivity index (χ1v) is 6.24. The third-order valence-corrected chi connectivity index (χ3v) is 2.73. The molecule has 0 heterocycles. The summed E-state index contributed by atoms with van der Waals surface area (Å²) in [7, 11) is 2.69. The van der Waals surface area contributed by atoms with Crippen molar-refractivity contribution in [2.45, 2.75) is 12.5 Å². The van der Waals surface area contributed by atoms with E-state index in [0.717, 1.165) is 0 Å². The van der Waals surface area contributed by atoms with Crippen LogP contribution in [0.15, 0.2) is 18.2 Å². The van der Waals surface area contributed by atoms with Crippen LogP contribution >= 0.6 is 0 Å². The van der Waals surface area contributed by atoms with Crippen LogP contribution in [0.2, 0.25) is 0 Å². The maximum absolute atomic E-state index is 12.6. The van der Waals surface area contributed by atoms with Gasteiger partial charge in [0.05, 0.1) is 20.8 Å². The van der Waals surface area contributed by atoms with Gasteiger partial charge < -0.3 is 20.5 Å². The number of ether oxygens (including phenoxy) is 3. The van der Waals surface area contributed by atoms with E-state index >= 15 is 0 Å². The smallest absolute Gasteiger partial charge is 0.497 e. The molecule has 0 spiro atoms. The number of nitrogens with two attached hydrogens (primary N) is 1. The Morgan fingerprint density at radius 1 is 1.32 bits per heavy atom. The Morgan fingerprint density at radius 3 is 2.50 bits per heavy atom. The topological polar surface area (TPSA) is 82.8 Å². The number of halogens is 3. The number of carbonyl (C=O) groups is 1. The van der Waals surface area contributed by atoms with Crippen molar-refractivity contribution in [3.05, 3.63) is 23.8 Å². The fraction of sp³-hybridized carbons (Fsp3) is 0.462. The van der Waals surface area contributed by atoms with Gasteiger partial charge in [0.15, 0.2) is 0 Å². The van der Waals surface area contributed by atoms with Crippen molar-refractivity contribution in [3.63, 3.8) is 0 Å². The lowest BCUT2D eigenvalue weighted by Gasteiger charge is -2.22. The summed E-state index contributed by atoms with van der Waals surface area (Å²) in [6.07, 6.45) is -6.38. The molecule has 0 aliphatic carbocycles. The van der Waals surface area contributed by atoms with Gasteiger partial charge in [0, 0.05) is 12.1 Å². The number of carbonyl (C=O) groups excluding carboxylic acids is 1. The normalized spacial score (nSPS) is 12.6. The molecule has 0 aliphatic heterocycles. The standard InChI is InChI=1S/C13H17F3N2O4/c1-20-8-3-4-10(21-2)9(5-8)11(22-13(14,15)16)7-18-12(19)6-17/h3-5,11H,6-7,17H2,1-2H3,(H,18,19). The van der Waals surface area contributed by atoms with E-state index in [1.54, 1.807) is 0 Å². The molecule has 1 aromatic rings. The highest BCUT2D eigenvalue weighted by Gasteiger charge is 2.35. The predicted molar refractivity (Wildman–Crippen MR) is 71.5 cm³/mol. The minimum atomic E-state index is -4.88. The fourth-order valence-electron chi connectivity index (χ4n) is 1.75. The zero-order chi connectivity index (χ0) is 16.8. The minimum absolute atomic E-state index is 0.0940. The summed E-state index contributed by atoms with van der Waals surface area (Å²) in [6, 6.07) is 4.33. The molecule has 0 bridgehead atoms. The second kappa shape index (κ2) is 7.85. The molecule has 1 atom stereocenters. The molecule has 1 amide bonds. The molecular formula is C13H17F3N2O4. The summed E-state index contributed by atoms with van der Waals surface area (Å²) < 4.78 is 51.8. The maximum Gasteiger partial charge on any atom is 0.523 e. The van der Waals surface area contributed by atoms with Gasteiger partial charge in [0.25, 0.3) is 0 Å². The summed E-state index contributed by atoms with van der Waals surface area (Å²) in [5.74, 6) is -0.0913. The minimum Gasteiger partial charge on any atom is -0.497 e. The number of benzene rings is 1. The van der Waals surface area contributed by atoms with E-state index in [4.69, 9.17) is 15.2 Å². The highest BCUT2D eigenvalue weighted by Crippen LogP contribution is 2.35. The third-order valence-electron chi connectivity index (χ3n) is 2.73. The van der Waals surface area contributed by atoms with Crippen molar-refractivity contribution >= 4 is 5.91 Å². The molecule has 1 aromatic carbocycles. The zero-order valence-electron chi connectivity index (χ0n) is 12.1. The third kappa shape index (κ3) is 5.41. The predicted octanol–water partition coefficient (Wildman–Crippen LogP) is 1.36. The van der Waals surface area contributed by atoms with Crippen LogP contribution in [0.5, 0.6) is 11.5 Å². The van der Waals surface area contributed by atoms with Crippen LogP contribution in [0.4, 0.5) is 13.2 Å². The van der Waals surface area contributed by atoms with Crippen molar-refractivity contribution in [3.8, 4) is 11.5 Å². The van der Waals surface area contributed by atoms with Crippen molar-refractivity contribution in [2.24, 2.45) is 5.73 Å². The van der Waals surface area contributed by atoms with Crippen molar-refractivity contribution in [2.75, 3.05) is 27.3 Å². The molecule has 0 saturated carbocycles. The average molecular weight is 322 g/mol. The Morgan fingerprint density at radius 2 is 2.00 bits per heavy atom. The molecule has 0 aliphatic rings. The molecule has 9 heteroatoms. The summed E-state index contributed by atoms with van der Waals surface area (Å²) >= 11 is 0. The van der Waals surface area contributed by atoms with Gasteiger partial charge in [-0.3, -0.25) is 9.53 Å². The largest absolute Gasteiger partial charge is 0.523 e. The number of hydrogen-bond acceptors (Lipinski definition) is 5. The monoisotopic (exact) mass is 322 g/mol. The van der Waals surface area contributed by atoms with Crippen LogP contribution in [0.3, 0.4) is 0 Å². The van der Waals surface area contributed by atoms with Crippen LogP contribution in [-0.2, 0) is 9.53 Å². The van der Waals surface area contributed by atoms with E-state index in [9.17, 15) is 18.0 Å². The van der Waals surface area contributed by atoms with E-state index in [-0.39, 0.29) is 17.9 Å². The first kappa shape index (κ1) is 18.1. The van der Waals surface area contributed by atoms with Gasteiger partial charge in [-0.15, -0.1) is 13.2 Å². The number of amides is 1. The molecule has 6 nitrogen and oxygen atoms in total. The lowest BCUT2D eigenvalue weighted by Crippen LogP contribution is -2.35. The number of nitrogens with one attached hydrogen (secondary N) is 1. The van der Waals surface area contributed by atoms with Crippen LogP contribution in [0, 0.1) is 0 Å². The molecule has 0 radical (unpaired) electrons. The molecule has 1 unspecified atom stereocenters. The molecule has 0 fully saturated rings. The Labute approximate surface area is 125 Å². The van der Waals surface area contributed by atoms with E-state index in [1.165, 1.54) is 32.4 Å². The second-order valence-electron chi connectivity index (χ2n) is 4.17. The summed E-state index contributed by atoms with van der Waals surface area (Å²) in [6.45, 7) is -0.757. The SMILES string of the molecule is COc1ccc(OC)c(C(CNC(=O)CN)OC(F)(F)F)c1. The second-order valence-corrected chi connectivity index (χ2v) is 4.17. The molecule has 3 N–H and O–H groups in total. The highest BCUT2D eigenvalue weighted by atomic mass is 19.4. The molecular weight excluding hydrogens is 305 g/mol. The van der Waals surface area contributed by atoms with Gasteiger partial charge in [-0.25, -0.2) is 0 Å². The van der Waals surface area contributed by atoms with Crippen LogP contribution in [-0.4, -0.2) is 39.6 Å². The number of rotatable bonds is 7. The summed E-state index contributed by atoms with van der Waals surface area (Å²) in [5.41, 5.74) is 5.20. The Bertz CT molecular complexity index is 509. The van der Waals surface area contributed by atoms with Crippen LogP contribution < -0.4 is 20.5 Å². The van der Waals surface area contributed by atoms with Crippen LogP contribution in [0.1, 0.15) is 11.7 Å². The first-order valence-electron chi connectivity index (χ1n) is 6.24. The Kier molecular flexibility index (Phi) is 6.44. The van der Waals surface area contributed by atoms with Gasteiger partial charge in [-0.2, -0.15) is 0 Å². The summed E-state index contributed by atoms with van der Waals surface area (Å²) in [4.78, 5) is 11.2. The van der Waals surface area contributed by atoms with E-state index in [1.807, 2.05) is 0 Å². The van der Waals surface area contributed by atoms with Crippen molar-refractivity contribution < 1.29 is 32.2 Å². The van der Waals surface area contributed by atoms with Gasteiger partial charge >= 0.3 is 6.36 Å². The van der Waals surface area contributed by atoms with E-state index in [2.05, 4.69) is 10.1 Å². The quantitative estimate of drug-likeness (QED) is 0.792. The molecule has 0 aromatic heterocycles. The Hall–Kier alpha value is -2.00. The lowest BCUT2D eigenvalue weighted by atomic mass is 10.1. The lowest BCUT2D eigenvalue weighted by molar-refractivity contribution is -0.344. The molecule has 1 rings (SSSR count).